The van der Waals surface area contributed by atoms with Crippen LogP contribution in [-0.2, 0) is 11.2 Å². The van der Waals surface area contributed by atoms with Crippen molar-refractivity contribution in [2.75, 3.05) is 5.32 Å². The molecule has 0 spiro atoms. The molecule has 0 bridgehead atoms. The molecule has 0 aliphatic rings. The molecule has 0 atom stereocenters. The third-order valence-corrected chi connectivity index (χ3v) is 3.35. The maximum atomic E-state index is 12.5. The molecule has 0 radical (unpaired) electrons. The summed E-state index contributed by atoms with van der Waals surface area (Å²) in [6.45, 7) is -6.30. The molecule has 2 rings (SSSR count). The number of nitriles is 1. The molecule has 0 saturated carbocycles. The molecule has 0 aliphatic heterocycles. The lowest BCUT2D eigenvalue weighted by Crippen LogP contribution is -2.08. The van der Waals surface area contributed by atoms with Gasteiger partial charge in [-0.1, -0.05) is 12.1 Å². The second-order valence-corrected chi connectivity index (χ2v) is 5.31. The van der Waals surface area contributed by atoms with E-state index in [0.717, 1.165) is 23.8 Å². The van der Waals surface area contributed by atoms with E-state index in [9.17, 15) is 22.4 Å². The number of ether oxygens (including phenoxy) is 2. The number of alkyl halides is 4. The highest BCUT2D eigenvalue weighted by Crippen LogP contribution is 2.28. The average molecular weight is 394 g/mol. The van der Waals surface area contributed by atoms with Crippen LogP contribution in [0.2, 0.25) is 0 Å². The van der Waals surface area contributed by atoms with Crippen LogP contribution in [0.4, 0.5) is 23.2 Å². The van der Waals surface area contributed by atoms with Crippen molar-refractivity contribution in [2.45, 2.75) is 19.6 Å². The average Bonchev–Trinajstić information content (AvgIpc) is 2.62. The molecule has 2 aromatic rings. The van der Waals surface area contributed by atoms with Gasteiger partial charge in [0, 0.05) is 23.4 Å². The number of nitrogens with zero attached hydrogens (tertiary/aromatic N) is 1. The predicted molar refractivity (Wildman–Crippen MR) is 93.1 cm³/mol. The molecule has 0 aliphatic carbocycles. The van der Waals surface area contributed by atoms with Crippen molar-refractivity contribution in [3.8, 4) is 17.6 Å². The number of carbonyl (C=O) groups is 1. The van der Waals surface area contributed by atoms with Crippen LogP contribution in [0.5, 0.6) is 11.5 Å². The first kappa shape index (κ1) is 20.8. The van der Waals surface area contributed by atoms with E-state index in [1.54, 1.807) is 24.3 Å². The van der Waals surface area contributed by atoms with E-state index in [1.807, 2.05) is 6.07 Å². The van der Waals surface area contributed by atoms with Crippen LogP contribution in [0, 0.1) is 11.3 Å². The summed E-state index contributed by atoms with van der Waals surface area (Å²) in [7, 11) is 0. The molecule has 0 unspecified atom stereocenters. The molecular formula is C19H14F4N2O3. The molecule has 28 heavy (non-hydrogen) atoms. The molecule has 2 aromatic carbocycles. The zero-order chi connectivity index (χ0) is 20.5. The lowest BCUT2D eigenvalue weighted by atomic mass is 10.1. The van der Waals surface area contributed by atoms with E-state index < -0.39 is 24.9 Å². The van der Waals surface area contributed by atoms with Crippen LogP contribution in [0.3, 0.4) is 0 Å². The molecule has 0 saturated heterocycles. The standard InChI is InChI=1S/C19H14F4N2O3/c20-18(21)27-15-7-3-13(16(11-15)28-19(22)23)4-8-17(26)25-14-5-1-12(2-6-14)9-10-24/h1-8,11,18-19H,9H2,(H,25,26)/b8-4+. The molecule has 9 heteroatoms. The van der Waals surface area contributed by atoms with E-state index in [0.29, 0.717) is 5.69 Å². The van der Waals surface area contributed by atoms with Gasteiger partial charge in [0.05, 0.1) is 12.5 Å². The van der Waals surface area contributed by atoms with E-state index in [4.69, 9.17) is 5.26 Å². The van der Waals surface area contributed by atoms with Gasteiger partial charge in [-0.2, -0.15) is 22.8 Å². The Morgan fingerprint density at radius 2 is 1.75 bits per heavy atom. The summed E-state index contributed by atoms with van der Waals surface area (Å²) in [5.41, 5.74) is 1.33. The van der Waals surface area contributed by atoms with Gasteiger partial charge in [0.1, 0.15) is 11.5 Å². The van der Waals surface area contributed by atoms with Gasteiger partial charge in [0.2, 0.25) is 5.91 Å². The van der Waals surface area contributed by atoms with E-state index >= 15 is 0 Å². The van der Waals surface area contributed by atoms with Crippen LogP contribution < -0.4 is 14.8 Å². The van der Waals surface area contributed by atoms with Crippen molar-refractivity contribution in [3.63, 3.8) is 0 Å². The minimum Gasteiger partial charge on any atom is -0.435 e. The summed E-state index contributed by atoms with van der Waals surface area (Å²) in [4.78, 5) is 12.0. The first-order valence-electron chi connectivity index (χ1n) is 7.86. The number of rotatable bonds is 8. The second-order valence-electron chi connectivity index (χ2n) is 5.31. The Labute approximate surface area is 157 Å². The van der Waals surface area contributed by atoms with Crippen LogP contribution in [-0.4, -0.2) is 19.1 Å². The predicted octanol–water partition coefficient (Wildman–Crippen LogP) is 4.61. The summed E-state index contributed by atoms with van der Waals surface area (Å²) in [5, 5.41) is 11.2. The van der Waals surface area contributed by atoms with Gasteiger partial charge in [-0.15, -0.1) is 0 Å². The Balaban J connectivity index is 2.10. The van der Waals surface area contributed by atoms with Crippen molar-refractivity contribution in [1.82, 2.24) is 0 Å². The summed E-state index contributed by atoms with van der Waals surface area (Å²) in [5.74, 6) is -1.33. The molecular weight excluding hydrogens is 380 g/mol. The highest BCUT2D eigenvalue weighted by molar-refractivity contribution is 6.02. The summed E-state index contributed by atoms with van der Waals surface area (Å²) in [6.07, 6.45) is 2.51. The lowest BCUT2D eigenvalue weighted by Gasteiger charge is -2.11. The number of amides is 1. The fraction of sp³-hybridized carbons (Fsp3) is 0.158. The van der Waals surface area contributed by atoms with Crippen molar-refractivity contribution in [3.05, 3.63) is 59.7 Å². The van der Waals surface area contributed by atoms with Crippen molar-refractivity contribution < 1.29 is 31.8 Å². The largest absolute Gasteiger partial charge is 0.435 e. The number of hydrogen-bond donors (Lipinski definition) is 1. The Morgan fingerprint density at radius 3 is 2.36 bits per heavy atom. The molecule has 0 aromatic heterocycles. The Hall–Kier alpha value is -3.54. The maximum absolute atomic E-state index is 12.5. The van der Waals surface area contributed by atoms with E-state index in [1.165, 1.54) is 12.1 Å². The molecule has 0 heterocycles. The second kappa shape index (κ2) is 9.97. The Kier molecular flexibility index (Phi) is 7.39. The zero-order valence-corrected chi connectivity index (χ0v) is 14.2. The minimum absolute atomic E-state index is 0.0708. The van der Waals surface area contributed by atoms with Gasteiger partial charge < -0.3 is 14.8 Å². The number of anilines is 1. The van der Waals surface area contributed by atoms with Crippen molar-refractivity contribution >= 4 is 17.7 Å². The number of benzene rings is 2. The van der Waals surface area contributed by atoms with Gasteiger partial charge in [-0.3, -0.25) is 4.79 Å². The topological polar surface area (TPSA) is 71.4 Å². The highest BCUT2D eigenvalue weighted by atomic mass is 19.3. The van der Waals surface area contributed by atoms with Crippen LogP contribution in [0.1, 0.15) is 11.1 Å². The highest BCUT2D eigenvalue weighted by Gasteiger charge is 2.12. The van der Waals surface area contributed by atoms with E-state index in [2.05, 4.69) is 14.8 Å². The molecule has 146 valence electrons. The number of nitrogens with one attached hydrogen (secondary N) is 1. The normalized spacial score (nSPS) is 10.9. The fourth-order valence-electron chi connectivity index (χ4n) is 2.17. The number of hydrogen-bond acceptors (Lipinski definition) is 4. The SMILES string of the molecule is N#CCc1ccc(NC(=O)/C=C/c2ccc(OC(F)F)cc2OC(F)F)cc1. The van der Waals surface area contributed by atoms with Gasteiger partial charge in [0.25, 0.3) is 0 Å². The molecule has 5 nitrogen and oxygen atoms in total. The van der Waals surface area contributed by atoms with Crippen molar-refractivity contribution in [1.29, 1.82) is 5.26 Å². The number of halogens is 4. The van der Waals surface area contributed by atoms with Crippen molar-refractivity contribution in [2.24, 2.45) is 0 Å². The number of carbonyl (C=O) groups excluding carboxylic acids is 1. The third-order valence-electron chi connectivity index (χ3n) is 3.35. The van der Waals surface area contributed by atoms with Crippen LogP contribution >= 0.6 is 0 Å². The van der Waals surface area contributed by atoms with Crippen LogP contribution in [0.25, 0.3) is 6.08 Å². The molecule has 0 fully saturated rings. The van der Waals surface area contributed by atoms with E-state index in [-0.39, 0.29) is 17.7 Å². The van der Waals surface area contributed by atoms with Gasteiger partial charge in [-0.25, -0.2) is 0 Å². The van der Waals surface area contributed by atoms with Gasteiger partial charge >= 0.3 is 13.2 Å². The fourth-order valence-corrected chi connectivity index (χ4v) is 2.17. The Morgan fingerprint density at radius 1 is 1.07 bits per heavy atom. The monoisotopic (exact) mass is 394 g/mol. The lowest BCUT2D eigenvalue weighted by molar-refractivity contribution is -0.111. The summed E-state index contributed by atoms with van der Waals surface area (Å²) < 4.78 is 58.0. The van der Waals surface area contributed by atoms with Gasteiger partial charge in [-0.05, 0) is 35.9 Å². The first-order chi connectivity index (χ1) is 13.4. The quantitative estimate of drug-likeness (QED) is 0.524. The smallest absolute Gasteiger partial charge is 0.387 e. The molecule has 1 N–H and O–H groups in total. The zero-order valence-electron chi connectivity index (χ0n) is 14.2. The first-order valence-corrected chi connectivity index (χ1v) is 7.86. The molecule has 1 amide bonds. The van der Waals surface area contributed by atoms with Crippen LogP contribution in [0.15, 0.2) is 48.5 Å². The minimum atomic E-state index is -3.19. The maximum Gasteiger partial charge on any atom is 0.387 e. The summed E-state index contributed by atoms with van der Waals surface area (Å²) in [6, 6.07) is 11.8. The third kappa shape index (κ3) is 6.64. The Bertz CT molecular complexity index is 878. The summed E-state index contributed by atoms with van der Waals surface area (Å²) >= 11 is 0. The van der Waals surface area contributed by atoms with Gasteiger partial charge in [0.15, 0.2) is 0 Å².